The van der Waals surface area contributed by atoms with E-state index in [0.29, 0.717) is 42.6 Å². The second-order valence-corrected chi connectivity index (χ2v) is 18.1. The molecular weight excluding hydrogens is 845 g/mol. The Bertz CT molecular complexity index is 2190. The number of nitrogens with zero attached hydrogens (tertiary/aromatic N) is 8. The molecule has 3 aliphatic heterocycles. The van der Waals surface area contributed by atoms with Gasteiger partial charge in [-0.3, -0.25) is 19.4 Å². The predicted molar refractivity (Wildman–Crippen MR) is 255 cm³/mol. The van der Waals surface area contributed by atoms with Crippen LogP contribution in [0.5, 0.6) is 11.6 Å². The fraction of sp³-hybridized carbons (Fsp3) is 0.500. The monoisotopic (exact) mass is 910 g/mol. The highest BCUT2D eigenvalue weighted by Gasteiger charge is 2.26. The highest BCUT2D eigenvalue weighted by atomic mass is 32.1. The molecule has 0 aliphatic carbocycles. The Balaban J connectivity index is 0.000000198. The maximum atomic E-state index is 11.4. The molecule has 3 fully saturated rings. The quantitative estimate of drug-likeness (QED) is 0.0853. The first kappa shape index (κ1) is 48.8. The first-order chi connectivity index (χ1) is 31.5. The molecule has 16 nitrogen and oxygen atoms in total. The maximum Gasteiger partial charge on any atom is 0.254 e. The topological polar surface area (TPSA) is 186 Å². The lowest BCUT2D eigenvalue weighted by Crippen LogP contribution is -2.49. The molecule has 2 aromatic carbocycles. The number of piperidine rings is 1. The van der Waals surface area contributed by atoms with Gasteiger partial charge in [0.2, 0.25) is 12.3 Å². The number of aromatic hydroxyl groups is 1. The standard InChI is InChI=1S/C26H35N7O3.C13H14N2OS.C9H17NO2/c1-27-26-23(18-22(28-29-26)21-4-2-3-5-24(21)34)33-13-11-32(12-14-33)19-20-6-9-31(10-7-20)15-17-35-25-8-16-36-30-25;1-9(14-7-16)11-3-5-12(6-4-11)13-10(2)15-8-17-13;1-7(2)5-9(12)10-4-3-8(11)6-10/h2-5,8,16,18,20,34H,6-7,9-15,17,19H2,1H3,(H,27,29);3-9H,1-2H3,(H,14,16);7-8,11H,3-6H2,1-2H3/t;9-;/m.0./s1. The number of piperazine rings is 1. The Labute approximate surface area is 387 Å². The van der Waals surface area contributed by atoms with Gasteiger partial charge in [0.15, 0.2) is 5.82 Å². The van der Waals surface area contributed by atoms with Gasteiger partial charge in [-0.2, -0.15) is 0 Å². The van der Waals surface area contributed by atoms with Crippen LogP contribution in [0, 0.1) is 18.8 Å². The van der Waals surface area contributed by atoms with Crippen LogP contribution < -0.4 is 20.3 Å². The van der Waals surface area contributed by atoms with Crippen molar-refractivity contribution in [1.82, 2.24) is 40.4 Å². The van der Waals surface area contributed by atoms with Crippen LogP contribution in [0.1, 0.15) is 63.8 Å². The number of para-hydroxylation sites is 1. The number of nitrogens with one attached hydrogen (secondary N) is 2. The molecule has 3 saturated heterocycles. The van der Waals surface area contributed by atoms with Crippen LogP contribution in [-0.4, -0.2) is 143 Å². The Morgan fingerprint density at radius 3 is 2.34 bits per heavy atom. The van der Waals surface area contributed by atoms with Crippen molar-refractivity contribution in [2.24, 2.45) is 11.8 Å². The number of aryl methyl sites for hydroxylation is 1. The number of hydrogen-bond acceptors (Lipinski definition) is 15. The van der Waals surface area contributed by atoms with Crippen LogP contribution in [0.25, 0.3) is 21.7 Å². The molecule has 8 rings (SSSR count). The molecule has 3 aliphatic rings. The van der Waals surface area contributed by atoms with Crippen molar-refractivity contribution in [3.63, 3.8) is 0 Å². The van der Waals surface area contributed by atoms with Gasteiger partial charge in [0.05, 0.1) is 39.6 Å². The van der Waals surface area contributed by atoms with E-state index in [-0.39, 0.29) is 23.8 Å². The summed E-state index contributed by atoms with van der Waals surface area (Å²) < 4.78 is 10.4. The van der Waals surface area contributed by atoms with Crippen molar-refractivity contribution >= 4 is 35.2 Å². The SMILES string of the molecule is CC(C)CC(=O)N1CCC(O)C1.CNc1nnc(-c2ccccc2O)cc1N1CCN(CC2CCN(CCOc3ccon3)CC2)CC1.Cc1ncsc1-c1ccc([C@H](C)NC=O)cc1. The number of aromatic nitrogens is 4. The Morgan fingerprint density at radius 2 is 1.72 bits per heavy atom. The third-order valence-corrected chi connectivity index (χ3v) is 13.0. The first-order valence-electron chi connectivity index (χ1n) is 22.7. The Morgan fingerprint density at radius 1 is 0.969 bits per heavy atom. The lowest BCUT2D eigenvalue weighted by Gasteiger charge is -2.39. The molecule has 3 aromatic heterocycles. The summed E-state index contributed by atoms with van der Waals surface area (Å²) in [5.41, 5.74) is 7.60. The van der Waals surface area contributed by atoms with Crippen molar-refractivity contribution in [2.45, 2.75) is 65.5 Å². The van der Waals surface area contributed by atoms with Gasteiger partial charge in [0, 0.05) is 77.5 Å². The predicted octanol–water partition coefficient (Wildman–Crippen LogP) is 6.34. The molecule has 0 bridgehead atoms. The summed E-state index contributed by atoms with van der Waals surface area (Å²) >= 11 is 1.64. The van der Waals surface area contributed by atoms with Crippen LogP contribution >= 0.6 is 11.3 Å². The van der Waals surface area contributed by atoms with Gasteiger partial charge in [-0.1, -0.05) is 50.2 Å². The number of carbonyl (C=O) groups is 2. The van der Waals surface area contributed by atoms with Gasteiger partial charge in [-0.25, -0.2) is 4.98 Å². The molecule has 17 heteroatoms. The minimum atomic E-state index is -0.291. The highest BCUT2D eigenvalue weighted by Crippen LogP contribution is 2.33. The van der Waals surface area contributed by atoms with E-state index in [2.05, 4.69) is 57.8 Å². The second kappa shape index (κ2) is 24.6. The van der Waals surface area contributed by atoms with Crippen LogP contribution in [0.4, 0.5) is 11.5 Å². The molecule has 2 amide bonds. The summed E-state index contributed by atoms with van der Waals surface area (Å²) in [6.45, 7) is 18.2. The summed E-state index contributed by atoms with van der Waals surface area (Å²) in [5.74, 6) is 2.88. The van der Waals surface area contributed by atoms with E-state index in [9.17, 15) is 19.8 Å². The zero-order chi connectivity index (χ0) is 46.1. The number of likely N-dealkylation sites (tertiary alicyclic amines) is 2. The number of aliphatic hydroxyl groups excluding tert-OH is 1. The molecule has 6 heterocycles. The molecule has 4 N–H and O–H groups in total. The van der Waals surface area contributed by atoms with Gasteiger partial charge in [-0.15, -0.1) is 21.5 Å². The van der Waals surface area contributed by atoms with E-state index in [4.69, 9.17) is 9.26 Å². The Kier molecular flexibility index (Phi) is 18.5. The maximum absolute atomic E-state index is 11.4. The summed E-state index contributed by atoms with van der Waals surface area (Å²) in [6, 6.07) is 19.3. The summed E-state index contributed by atoms with van der Waals surface area (Å²) in [6.07, 6.45) is 5.77. The van der Waals surface area contributed by atoms with Crippen molar-refractivity contribution in [1.29, 1.82) is 0 Å². The zero-order valence-corrected chi connectivity index (χ0v) is 39.3. The van der Waals surface area contributed by atoms with Crippen molar-refractivity contribution in [3.8, 4) is 33.3 Å². The molecule has 0 spiro atoms. The average Bonchev–Trinajstić information content (AvgIpc) is 4.11. The minimum absolute atomic E-state index is 0.0455. The van der Waals surface area contributed by atoms with Crippen LogP contribution in [-0.2, 0) is 9.59 Å². The van der Waals surface area contributed by atoms with E-state index in [1.807, 2.05) is 76.7 Å². The highest BCUT2D eigenvalue weighted by molar-refractivity contribution is 7.13. The molecule has 2 atom stereocenters. The van der Waals surface area contributed by atoms with E-state index in [1.54, 1.807) is 28.4 Å². The van der Waals surface area contributed by atoms with Crippen LogP contribution in [0.2, 0.25) is 0 Å². The van der Waals surface area contributed by atoms with Gasteiger partial charge < -0.3 is 39.9 Å². The van der Waals surface area contributed by atoms with Gasteiger partial charge in [0.1, 0.15) is 18.6 Å². The van der Waals surface area contributed by atoms with Crippen molar-refractivity contribution in [2.75, 3.05) is 89.3 Å². The lowest BCUT2D eigenvalue weighted by atomic mass is 9.96. The van der Waals surface area contributed by atoms with Gasteiger partial charge in [-0.05, 0) is 92.5 Å². The third-order valence-electron chi connectivity index (χ3n) is 12.0. The summed E-state index contributed by atoms with van der Waals surface area (Å²) in [7, 11) is 1.87. The van der Waals surface area contributed by atoms with E-state index in [1.165, 1.54) is 29.5 Å². The number of phenolic OH excluding ortho intramolecular Hbond substituents is 1. The first-order valence-corrected chi connectivity index (χ1v) is 23.6. The number of thiazole rings is 1. The van der Waals surface area contributed by atoms with Gasteiger partial charge in [0.25, 0.3) is 5.88 Å². The Hall–Kier alpha value is -5.62. The van der Waals surface area contributed by atoms with Crippen molar-refractivity contribution < 1.29 is 29.1 Å². The number of benzene rings is 2. The molecule has 65 heavy (non-hydrogen) atoms. The minimum Gasteiger partial charge on any atom is -0.507 e. The molecule has 5 aromatic rings. The summed E-state index contributed by atoms with van der Waals surface area (Å²) in [5, 5.41) is 37.9. The lowest BCUT2D eigenvalue weighted by molar-refractivity contribution is -0.131. The van der Waals surface area contributed by atoms with E-state index >= 15 is 0 Å². The second-order valence-electron chi connectivity index (χ2n) is 17.3. The molecule has 350 valence electrons. The fourth-order valence-electron chi connectivity index (χ4n) is 8.25. The molecule has 1 unspecified atom stereocenters. The number of rotatable bonds is 15. The van der Waals surface area contributed by atoms with Crippen molar-refractivity contribution in [3.05, 3.63) is 83.7 Å². The molecule has 0 radical (unpaired) electrons. The number of ether oxygens (including phenoxy) is 1. The number of carbonyl (C=O) groups excluding carboxylic acids is 2. The number of phenols is 1. The summed E-state index contributed by atoms with van der Waals surface area (Å²) in [4.78, 5) is 36.4. The van der Waals surface area contributed by atoms with Crippen LogP contribution in [0.15, 0.2) is 77.0 Å². The molecular formula is C48H66N10O6S. The van der Waals surface area contributed by atoms with E-state index < -0.39 is 0 Å². The fourth-order valence-corrected chi connectivity index (χ4v) is 9.07. The average molecular weight is 911 g/mol. The van der Waals surface area contributed by atoms with E-state index in [0.717, 1.165) is 100 Å². The van der Waals surface area contributed by atoms with Gasteiger partial charge >= 0.3 is 0 Å². The number of β-amino-alcohol motifs (C(OH)–C–C–N with tert-alkyl or cyclic N) is 1. The number of hydrogen-bond donors (Lipinski definition) is 4. The number of amides is 2. The number of anilines is 2. The largest absolute Gasteiger partial charge is 0.507 e. The molecule has 0 saturated carbocycles. The smallest absolute Gasteiger partial charge is 0.254 e. The normalized spacial score (nSPS) is 17.4. The number of aliphatic hydroxyl groups is 1. The van der Waals surface area contributed by atoms with Crippen LogP contribution in [0.3, 0.4) is 0 Å². The third kappa shape index (κ3) is 14.4. The zero-order valence-electron chi connectivity index (χ0n) is 38.4.